The fraction of sp³-hybridized carbons (Fsp3) is 0.381. The van der Waals surface area contributed by atoms with Crippen LogP contribution in [0.25, 0.3) is 0 Å². The van der Waals surface area contributed by atoms with Crippen molar-refractivity contribution in [3.05, 3.63) is 64.2 Å². The van der Waals surface area contributed by atoms with Gasteiger partial charge >= 0.3 is 0 Å². The summed E-state index contributed by atoms with van der Waals surface area (Å²) < 4.78 is 6.09. The quantitative estimate of drug-likeness (QED) is 0.753. The van der Waals surface area contributed by atoms with Crippen molar-refractivity contribution in [2.24, 2.45) is 0 Å². The highest BCUT2D eigenvalue weighted by atomic mass is 35.5. The minimum atomic E-state index is -0.299. The van der Waals surface area contributed by atoms with Crippen LogP contribution in [0.4, 0.5) is 0 Å². The molecule has 2 aromatic carbocycles. The molecule has 5 heteroatoms. The zero-order chi connectivity index (χ0) is 18.7. The minimum Gasteiger partial charge on any atom is -0.487 e. The first-order chi connectivity index (χ1) is 12.3. The molecular formula is C21H24ClNO2S. The van der Waals surface area contributed by atoms with Crippen LogP contribution in [0, 0.1) is 6.92 Å². The number of rotatable bonds is 5. The van der Waals surface area contributed by atoms with Gasteiger partial charge in [0, 0.05) is 22.8 Å². The molecule has 3 rings (SSSR count). The van der Waals surface area contributed by atoms with Crippen LogP contribution >= 0.6 is 23.4 Å². The Morgan fingerprint density at radius 1 is 1.31 bits per heavy atom. The fourth-order valence-electron chi connectivity index (χ4n) is 3.21. The van der Waals surface area contributed by atoms with E-state index in [-0.39, 0.29) is 17.6 Å². The average Bonchev–Trinajstić information content (AvgIpc) is 2.53. The van der Waals surface area contributed by atoms with E-state index in [1.54, 1.807) is 11.8 Å². The number of aryl methyl sites for hydroxylation is 1. The topological polar surface area (TPSA) is 38.3 Å². The van der Waals surface area contributed by atoms with Crippen molar-refractivity contribution in [1.29, 1.82) is 0 Å². The highest BCUT2D eigenvalue weighted by Crippen LogP contribution is 2.39. The highest BCUT2D eigenvalue weighted by molar-refractivity contribution is 7.99. The number of nitrogens with one attached hydrogen (secondary N) is 1. The zero-order valence-electron chi connectivity index (χ0n) is 15.3. The van der Waals surface area contributed by atoms with Gasteiger partial charge in [0.2, 0.25) is 5.91 Å². The predicted molar refractivity (Wildman–Crippen MR) is 109 cm³/mol. The standard InChI is InChI=1S/C21H24ClNO2S/c1-14-7-8-17-18(11-21(2,3)25-19(17)9-14)23-20(24)13-26-12-15-5-4-6-16(22)10-15/h4-10,18H,11-13H2,1-3H3,(H,23,24)/t18-/m1/s1. The van der Waals surface area contributed by atoms with Crippen LogP contribution < -0.4 is 10.1 Å². The molecule has 3 nitrogen and oxygen atoms in total. The van der Waals surface area contributed by atoms with E-state index in [0.717, 1.165) is 39.6 Å². The monoisotopic (exact) mass is 389 g/mol. The number of carbonyl (C=O) groups is 1. The van der Waals surface area contributed by atoms with E-state index in [0.29, 0.717) is 5.75 Å². The van der Waals surface area contributed by atoms with E-state index >= 15 is 0 Å². The highest BCUT2D eigenvalue weighted by Gasteiger charge is 2.34. The molecule has 1 atom stereocenters. The van der Waals surface area contributed by atoms with Crippen LogP contribution in [0.15, 0.2) is 42.5 Å². The molecule has 0 aliphatic carbocycles. The summed E-state index contributed by atoms with van der Waals surface area (Å²) in [6.07, 6.45) is 0.758. The first-order valence-corrected chi connectivity index (χ1v) is 10.3. The molecule has 0 aromatic heterocycles. The summed E-state index contributed by atoms with van der Waals surface area (Å²) in [7, 11) is 0. The van der Waals surface area contributed by atoms with Gasteiger partial charge in [0.15, 0.2) is 0 Å². The van der Waals surface area contributed by atoms with Gasteiger partial charge in [0.05, 0.1) is 11.8 Å². The van der Waals surface area contributed by atoms with Crippen molar-refractivity contribution in [3.8, 4) is 5.75 Å². The number of halogens is 1. The maximum atomic E-state index is 12.5. The number of ether oxygens (including phenoxy) is 1. The third-order valence-electron chi connectivity index (χ3n) is 4.35. The van der Waals surface area contributed by atoms with Crippen LogP contribution in [-0.2, 0) is 10.5 Å². The molecule has 1 heterocycles. The second-order valence-electron chi connectivity index (χ2n) is 7.35. The molecule has 1 amide bonds. The van der Waals surface area contributed by atoms with Gasteiger partial charge < -0.3 is 10.1 Å². The minimum absolute atomic E-state index is 0.0198. The summed E-state index contributed by atoms with van der Waals surface area (Å²) in [6.45, 7) is 6.17. The summed E-state index contributed by atoms with van der Waals surface area (Å²) in [4.78, 5) is 12.5. The molecule has 1 aliphatic rings. The van der Waals surface area contributed by atoms with Crippen molar-refractivity contribution in [2.45, 2.75) is 44.6 Å². The molecule has 0 bridgehead atoms. The molecule has 0 saturated heterocycles. The Balaban J connectivity index is 1.60. The summed E-state index contributed by atoms with van der Waals surface area (Å²) in [6, 6.07) is 13.9. The van der Waals surface area contributed by atoms with E-state index in [2.05, 4.69) is 31.3 Å². The normalized spacial score (nSPS) is 17.9. The summed E-state index contributed by atoms with van der Waals surface area (Å²) >= 11 is 7.59. The largest absolute Gasteiger partial charge is 0.487 e. The van der Waals surface area contributed by atoms with Crippen molar-refractivity contribution in [2.75, 3.05) is 5.75 Å². The van der Waals surface area contributed by atoms with Crippen LogP contribution in [-0.4, -0.2) is 17.3 Å². The van der Waals surface area contributed by atoms with E-state index < -0.39 is 0 Å². The summed E-state index contributed by atoms with van der Waals surface area (Å²) in [5.74, 6) is 2.11. The first kappa shape index (κ1) is 19.1. The molecular weight excluding hydrogens is 366 g/mol. The van der Waals surface area contributed by atoms with Crippen molar-refractivity contribution in [3.63, 3.8) is 0 Å². The van der Waals surface area contributed by atoms with Crippen LogP contribution in [0.5, 0.6) is 5.75 Å². The Bertz CT molecular complexity index is 806. The lowest BCUT2D eigenvalue weighted by Crippen LogP contribution is -2.41. The SMILES string of the molecule is Cc1ccc2c(c1)OC(C)(C)C[C@H]2NC(=O)CSCc1cccc(Cl)c1. The Labute approximate surface area is 164 Å². The lowest BCUT2D eigenvalue weighted by Gasteiger charge is -2.38. The molecule has 0 fully saturated rings. The molecule has 26 heavy (non-hydrogen) atoms. The molecule has 0 saturated carbocycles. The van der Waals surface area contributed by atoms with E-state index in [9.17, 15) is 4.79 Å². The van der Waals surface area contributed by atoms with Gasteiger partial charge in [-0.15, -0.1) is 11.8 Å². The number of amides is 1. The van der Waals surface area contributed by atoms with Gasteiger partial charge in [-0.3, -0.25) is 4.79 Å². The molecule has 1 N–H and O–H groups in total. The van der Waals surface area contributed by atoms with E-state index in [4.69, 9.17) is 16.3 Å². The van der Waals surface area contributed by atoms with E-state index in [1.165, 1.54) is 0 Å². The molecule has 138 valence electrons. The third kappa shape index (κ3) is 4.95. The van der Waals surface area contributed by atoms with Crippen molar-refractivity contribution >= 4 is 29.3 Å². The Morgan fingerprint density at radius 2 is 2.12 bits per heavy atom. The van der Waals surface area contributed by atoms with Gasteiger partial charge in [-0.2, -0.15) is 0 Å². The number of fused-ring (bicyclic) bond motifs is 1. The van der Waals surface area contributed by atoms with Gasteiger partial charge in [0.1, 0.15) is 11.4 Å². The second kappa shape index (κ2) is 7.93. The van der Waals surface area contributed by atoms with Crippen molar-refractivity contribution < 1.29 is 9.53 Å². The number of thioether (sulfide) groups is 1. The zero-order valence-corrected chi connectivity index (χ0v) is 16.9. The first-order valence-electron chi connectivity index (χ1n) is 8.73. The fourth-order valence-corrected chi connectivity index (χ4v) is 4.21. The molecule has 1 aliphatic heterocycles. The van der Waals surface area contributed by atoms with Crippen molar-refractivity contribution in [1.82, 2.24) is 5.32 Å². The smallest absolute Gasteiger partial charge is 0.230 e. The van der Waals surface area contributed by atoms with Gasteiger partial charge in [-0.05, 0) is 50.1 Å². The number of hydrogen-bond donors (Lipinski definition) is 1. The van der Waals surface area contributed by atoms with Gasteiger partial charge in [-0.25, -0.2) is 0 Å². The second-order valence-corrected chi connectivity index (χ2v) is 8.77. The lowest BCUT2D eigenvalue weighted by molar-refractivity contribution is -0.119. The van der Waals surface area contributed by atoms with Crippen LogP contribution in [0.1, 0.15) is 43.0 Å². The number of hydrogen-bond acceptors (Lipinski definition) is 3. The lowest BCUT2D eigenvalue weighted by atomic mass is 9.89. The third-order valence-corrected chi connectivity index (χ3v) is 5.59. The Hall–Kier alpha value is -1.65. The maximum absolute atomic E-state index is 12.5. The Morgan fingerprint density at radius 3 is 2.88 bits per heavy atom. The molecule has 0 unspecified atom stereocenters. The van der Waals surface area contributed by atoms with Crippen LogP contribution in [0.3, 0.4) is 0 Å². The average molecular weight is 390 g/mol. The summed E-state index contributed by atoms with van der Waals surface area (Å²) in [5, 5.41) is 3.91. The van der Waals surface area contributed by atoms with Gasteiger partial charge in [0.25, 0.3) is 0 Å². The predicted octanol–water partition coefficient (Wildman–Crippen LogP) is 5.30. The maximum Gasteiger partial charge on any atom is 0.230 e. The molecule has 2 aromatic rings. The van der Waals surface area contributed by atoms with Gasteiger partial charge in [-0.1, -0.05) is 35.9 Å². The summed E-state index contributed by atoms with van der Waals surface area (Å²) in [5.41, 5.74) is 3.04. The number of carbonyl (C=O) groups excluding carboxylic acids is 1. The molecule has 0 radical (unpaired) electrons. The molecule has 0 spiro atoms. The Kier molecular flexibility index (Phi) is 5.83. The van der Waals surface area contributed by atoms with Crippen LogP contribution in [0.2, 0.25) is 5.02 Å². The number of benzene rings is 2. The van der Waals surface area contributed by atoms with E-state index in [1.807, 2.05) is 37.3 Å².